The van der Waals surface area contributed by atoms with Gasteiger partial charge in [-0.05, 0) is 36.4 Å². The molecule has 6 nitrogen and oxygen atoms in total. The second-order valence-electron chi connectivity index (χ2n) is 6.81. The number of ether oxygens (including phenoxy) is 1. The zero-order valence-electron chi connectivity index (χ0n) is 16.3. The van der Waals surface area contributed by atoms with E-state index in [2.05, 4.69) is 5.32 Å². The first-order valence-electron chi connectivity index (χ1n) is 9.50. The highest BCUT2D eigenvalue weighted by Crippen LogP contribution is 2.33. The van der Waals surface area contributed by atoms with E-state index in [1.807, 2.05) is 48.5 Å². The minimum atomic E-state index is -0.218. The molecule has 0 spiro atoms. The average molecular weight is 422 g/mol. The summed E-state index contributed by atoms with van der Waals surface area (Å²) in [5, 5.41) is 3.35. The summed E-state index contributed by atoms with van der Waals surface area (Å²) in [6.07, 6.45) is 0.147. The van der Waals surface area contributed by atoms with Crippen molar-refractivity contribution in [2.45, 2.75) is 13.0 Å². The monoisotopic (exact) mass is 421 g/mol. The van der Waals surface area contributed by atoms with Crippen LogP contribution >= 0.6 is 11.6 Å². The number of hydrogen-bond acceptors (Lipinski definition) is 3. The Bertz CT molecular complexity index is 1280. The number of benzene rings is 3. The Hall–Kier alpha value is -3.51. The van der Waals surface area contributed by atoms with Crippen LogP contribution in [0.3, 0.4) is 0 Å². The van der Waals surface area contributed by atoms with Gasteiger partial charge in [0.2, 0.25) is 5.91 Å². The number of aryl methyl sites for hydroxylation is 2. The number of anilines is 1. The van der Waals surface area contributed by atoms with Crippen molar-refractivity contribution >= 4 is 34.2 Å². The van der Waals surface area contributed by atoms with Gasteiger partial charge in [-0.1, -0.05) is 48.0 Å². The minimum Gasteiger partial charge on any atom is -0.454 e. The van der Waals surface area contributed by atoms with Gasteiger partial charge in [0, 0.05) is 20.0 Å². The highest BCUT2D eigenvalue weighted by Gasteiger charge is 2.13. The van der Waals surface area contributed by atoms with Crippen molar-refractivity contribution in [3.8, 4) is 11.5 Å². The van der Waals surface area contributed by atoms with Crippen molar-refractivity contribution in [3.63, 3.8) is 0 Å². The lowest BCUT2D eigenvalue weighted by Gasteiger charge is -2.13. The summed E-state index contributed by atoms with van der Waals surface area (Å²) in [5.74, 6) is 0.773. The molecule has 0 aliphatic rings. The number of fused-ring (bicyclic) bond motifs is 1. The molecular formula is C23H20ClN3O3. The topological polar surface area (TPSA) is 65.3 Å². The fourth-order valence-corrected chi connectivity index (χ4v) is 3.48. The van der Waals surface area contributed by atoms with Crippen LogP contribution in [0.2, 0.25) is 5.02 Å². The molecule has 30 heavy (non-hydrogen) atoms. The van der Waals surface area contributed by atoms with E-state index in [0.29, 0.717) is 22.2 Å². The molecule has 0 aliphatic carbocycles. The van der Waals surface area contributed by atoms with E-state index in [1.165, 1.54) is 0 Å². The van der Waals surface area contributed by atoms with Gasteiger partial charge < -0.3 is 10.1 Å². The van der Waals surface area contributed by atoms with Gasteiger partial charge in [0.05, 0.1) is 21.7 Å². The largest absolute Gasteiger partial charge is 0.454 e. The first kappa shape index (κ1) is 19.8. The van der Waals surface area contributed by atoms with Crippen molar-refractivity contribution in [1.82, 2.24) is 9.13 Å². The standard InChI is InChI=1S/C23H20ClN3O3/c1-26-18-10-4-5-11-19(18)27(23(26)29)15-14-22(28)25-17-9-3-7-13-21(17)30-20-12-6-2-8-16(20)24/h2-13H,14-15H2,1H3,(H,25,28). The molecule has 1 amide bonds. The fraction of sp³-hybridized carbons (Fsp3) is 0.130. The predicted molar refractivity (Wildman–Crippen MR) is 118 cm³/mol. The van der Waals surface area contributed by atoms with E-state index in [-0.39, 0.29) is 24.6 Å². The van der Waals surface area contributed by atoms with Crippen LogP contribution < -0.4 is 15.7 Å². The Morgan fingerprint density at radius 3 is 2.33 bits per heavy atom. The van der Waals surface area contributed by atoms with Gasteiger partial charge in [0.25, 0.3) is 0 Å². The summed E-state index contributed by atoms with van der Waals surface area (Å²) in [6.45, 7) is 0.277. The van der Waals surface area contributed by atoms with Crippen LogP contribution in [0.4, 0.5) is 5.69 Å². The summed E-state index contributed by atoms with van der Waals surface area (Å²) in [7, 11) is 1.73. The molecule has 0 bridgehead atoms. The molecule has 0 atom stereocenters. The molecule has 152 valence electrons. The van der Waals surface area contributed by atoms with E-state index < -0.39 is 0 Å². The Labute approximate surface area is 178 Å². The second kappa shape index (κ2) is 8.47. The Balaban J connectivity index is 1.49. The normalized spacial score (nSPS) is 10.9. The van der Waals surface area contributed by atoms with Crippen LogP contribution in [-0.2, 0) is 18.4 Å². The number of rotatable bonds is 6. The summed E-state index contributed by atoms with van der Waals surface area (Å²) in [6, 6.07) is 21.8. The Kier molecular flexibility index (Phi) is 5.59. The van der Waals surface area contributed by atoms with Crippen LogP contribution in [0.15, 0.2) is 77.6 Å². The molecule has 7 heteroatoms. The average Bonchev–Trinajstić information content (AvgIpc) is 3.00. The molecule has 0 radical (unpaired) electrons. The third-order valence-electron chi connectivity index (χ3n) is 4.83. The van der Waals surface area contributed by atoms with E-state index >= 15 is 0 Å². The molecule has 0 aliphatic heterocycles. The number of nitrogens with zero attached hydrogens (tertiary/aromatic N) is 2. The lowest BCUT2D eigenvalue weighted by molar-refractivity contribution is -0.116. The second-order valence-corrected chi connectivity index (χ2v) is 7.22. The van der Waals surface area contributed by atoms with Gasteiger partial charge in [0.15, 0.2) is 5.75 Å². The molecule has 1 heterocycles. The molecule has 0 saturated heterocycles. The molecule has 0 fully saturated rings. The van der Waals surface area contributed by atoms with Crippen molar-refractivity contribution in [1.29, 1.82) is 0 Å². The lowest BCUT2D eigenvalue weighted by Crippen LogP contribution is -2.24. The number of nitrogens with one attached hydrogen (secondary N) is 1. The van der Waals surface area contributed by atoms with Crippen molar-refractivity contribution in [3.05, 3.63) is 88.3 Å². The summed E-state index contributed by atoms with van der Waals surface area (Å²) < 4.78 is 9.07. The summed E-state index contributed by atoms with van der Waals surface area (Å²) in [4.78, 5) is 25.1. The number of imidazole rings is 1. The maximum absolute atomic E-state index is 12.6. The smallest absolute Gasteiger partial charge is 0.328 e. The van der Waals surface area contributed by atoms with Crippen molar-refractivity contribution < 1.29 is 9.53 Å². The van der Waals surface area contributed by atoms with E-state index in [1.54, 1.807) is 40.4 Å². The zero-order valence-corrected chi connectivity index (χ0v) is 17.1. The third-order valence-corrected chi connectivity index (χ3v) is 5.14. The van der Waals surface area contributed by atoms with Crippen molar-refractivity contribution in [2.24, 2.45) is 7.05 Å². The van der Waals surface area contributed by atoms with Crippen LogP contribution in [0.5, 0.6) is 11.5 Å². The van der Waals surface area contributed by atoms with Crippen LogP contribution in [-0.4, -0.2) is 15.0 Å². The molecule has 0 unspecified atom stereocenters. The molecule has 4 aromatic rings. The van der Waals surface area contributed by atoms with Gasteiger partial charge in [-0.15, -0.1) is 0 Å². The van der Waals surface area contributed by atoms with Crippen LogP contribution in [0.1, 0.15) is 6.42 Å². The fourth-order valence-electron chi connectivity index (χ4n) is 3.31. The van der Waals surface area contributed by atoms with Crippen molar-refractivity contribution in [2.75, 3.05) is 5.32 Å². The molecule has 0 saturated carbocycles. The highest BCUT2D eigenvalue weighted by atomic mass is 35.5. The SMILES string of the molecule is Cn1c(=O)n(CCC(=O)Nc2ccccc2Oc2ccccc2Cl)c2ccccc21. The number of aromatic nitrogens is 2. The quantitative estimate of drug-likeness (QED) is 0.485. The number of halogens is 1. The lowest BCUT2D eigenvalue weighted by atomic mass is 10.2. The minimum absolute atomic E-state index is 0.147. The molecule has 1 N–H and O–H groups in total. The number of hydrogen-bond donors (Lipinski definition) is 1. The predicted octanol–water partition coefficient (Wildman–Crippen LogP) is 4.81. The molecule has 3 aromatic carbocycles. The van der Waals surface area contributed by atoms with E-state index in [0.717, 1.165) is 11.0 Å². The Morgan fingerprint density at radius 2 is 1.57 bits per heavy atom. The highest BCUT2D eigenvalue weighted by molar-refractivity contribution is 6.32. The molecule has 1 aromatic heterocycles. The zero-order chi connectivity index (χ0) is 21.1. The number of carbonyl (C=O) groups excluding carboxylic acids is 1. The number of amides is 1. The third kappa shape index (κ3) is 3.95. The molecule has 4 rings (SSSR count). The van der Waals surface area contributed by atoms with E-state index in [4.69, 9.17) is 16.3 Å². The van der Waals surface area contributed by atoms with E-state index in [9.17, 15) is 9.59 Å². The van der Waals surface area contributed by atoms with Gasteiger partial charge in [-0.25, -0.2) is 4.79 Å². The maximum atomic E-state index is 12.6. The van der Waals surface area contributed by atoms with Crippen LogP contribution in [0.25, 0.3) is 11.0 Å². The van der Waals surface area contributed by atoms with Crippen LogP contribution in [0, 0.1) is 0 Å². The van der Waals surface area contributed by atoms with Gasteiger partial charge in [-0.2, -0.15) is 0 Å². The summed E-state index contributed by atoms with van der Waals surface area (Å²) >= 11 is 6.17. The first-order valence-corrected chi connectivity index (χ1v) is 9.88. The summed E-state index contributed by atoms with van der Waals surface area (Å²) in [5.41, 5.74) is 2.03. The Morgan fingerprint density at radius 1 is 0.933 bits per heavy atom. The van der Waals surface area contributed by atoms with Gasteiger partial charge in [-0.3, -0.25) is 13.9 Å². The number of para-hydroxylation sites is 5. The maximum Gasteiger partial charge on any atom is 0.328 e. The molecular weight excluding hydrogens is 402 g/mol. The number of carbonyl (C=O) groups is 1. The van der Waals surface area contributed by atoms with Gasteiger partial charge in [0.1, 0.15) is 5.75 Å². The van der Waals surface area contributed by atoms with Gasteiger partial charge >= 0.3 is 5.69 Å². The first-order chi connectivity index (χ1) is 14.5.